The Morgan fingerprint density at radius 3 is 2.26 bits per heavy atom. The van der Waals surface area contributed by atoms with E-state index in [0.717, 1.165) is 49.6 Å². The number of likely N-dealkylation sites (N-methyl/N-ethyl adjacent to an activating group) is 1. The Balaban J connectivity index is 1.78. The molecule has 1 N–H and O–H groups in total. The van der Waals surface area contributed by atoms with Crippen molar-refractivity contribution in [3.05, 3.63) is 93.2 Å². The summed E-state index contributed by atoms with van der Waals surface area (Å²) in [5.41, 5.74) is 2.52. The first kappa shape index (κ1) is 24.0. The molecule has 2 aromatic carbocycles. The van der Waals surface area contributed by atoms with Crippen LogP contribution in [0.15, 0.2) is 59.4 Å². The minimum absolute atomic E-state index is 0.0271. The highest BCUT2D eigenvalue weighted by Crippen LogP contribution is 2.33. The first-order valence-electron chi connectivity index (χ1n) is 11.7. The molecule has 1 atom stereocenters. The average molecular weight is 466 g/mol. The zero-order valence-corrected chi connectivity index (χ0v) is 20.0. The number of aryl methyl sites for hydroxylation is 1. The van der Waals surface area contributed by atoms with Crippen LogP contribution in [0.25, 0.3) is 0 Å². The summed E-state index contributed by atoms with van der Waals surface area (Å²) in [6.07, 6.45) is 0. The van der Waals surface area contributed by atoms with E-state index in [4.69, 9.17) is 4.74 Å². The number of aromatic nitrogens is 1. The van der Waals surface area contributed by atoms with Crippen molar-refractivity contribution < 1.29 is 14.2 Å². The molecule has 0 bridgehead atoms. The van der Waals surface area contributed by atoms with E-state index in [-0.39, 0.29) is 17.1 Å². The van der Waals surface area contributed by atoms with E-state index in [0.29, 0.717) is 17.8 Å². The summed E-state index contributed by atoms with van der Waals surface area (Å²) in [7, 11) is 1.62. The highest BCUT2D eigenvalue weighted by molar-refractivity contribution is 5.41. The number of nitrogens with zero attached hydrogens (tertiary/aromatic N) is 3. The molecule has 1 saturated heterocycles. The number of halogens is 1. The maximum Gasteiger partial charge on any atom is 0.259 e. The first-order chi connectivity index (χ1) is 16.4. The van der Waals surface area contributed by atoms with Gasteiger partial charge in [0.1, 0.15) is 17.3 Å². The lowest BCUT2D eigenvalue weighted by molar-refractivity contribution is 0.111. The Hall–Kier alpha value is -3.16. The lowest BCUT2D eigenvalue weighted by Crippen LogP contribution is -2.48. The topological polar surface area (TPSA) is 57.9 Å². The molecule has 1 aromatic heterocycles. The van der Waals surface area contributed by atoms with Crippen molar-refractivity contribution in [1.29, 1.82) is 0 Å². The Morgan fingerprint density at radius 1 is 1.03 bits per heavy atom. The molecule has 0 radical (unpaired) electrons. The fourth-order valence-corrected chi connectivity index (χ4v) is 4.68. The average Bonchev–Trinajstić information content (AvgIpc) is 2.85. The molecule has 0 amide bonds. The number of hydrogen-bond acceptors (Lipinski definition) is 5. The molecule has 7 heteroatoms. The summed E-state index contributed by atoms with van der Waals surface area (Å²) in [6.45, 7) is 8.56. The number of piperazine rings is 1. The highest BCUT2D eigenvalue weighted by atomic mass is 19.1. The standard InChI is InChI=1S/C27H32FN3O3/c1-4-29-13-15-30(16-14-29)26(21-7-9-22(28)10-8-21)25-24(32)17-19(2)31(27(25)33)18-20-5-11-23(34-3)12-6-20/h5-12,17,26,32H,4,13-16,18H2,1-3H3/t26-/m0/s1. The molecule has 4 rings (SSSR count). The molecular formula is C27H32FN3O3. The van der Waals surface area contributed by atoms with E-state index in [1.54, 1.807) is 29.9 Å². The highest BCUT2D eigenvalue weighted by Gasteiger charge is 2.31. The third-order valence-corrected chi connectivity index (χ3v) is 6.70. The van der Waals surface area contributed by atoms with Crippen LogP contribution in [0.5, 0.6) is 11.5 Å². The van der Waals surface area contributed by atoms with Crippen LogP contribution in [0.4, 0.5) is 4.39 Å². The fourth-order valence-electron chi connectivity index (χ4n) is 4.68. The quantitative estimate of drug-likeness (QED) is 0.576. The van der Waals surface area contributed by atoms with Crippen molar-refractivity contribution >= 4 is 0 Å². The van der Waals surface area contributed by atoms with E-state index in [1.807, 2.05) is 31.2 Å². The predicted molar refractivity (Wildman–Crippen MR) is 131 cm³/mol. The molecule has 3 aromatic rings. The van der Waals surface area contributed by atoms with Gasteiger partial charge in [0.2, 0.25) is 0 Å². The van der Waals surface area contributed by atoms with Crippen LogP contribution >= 0.6 is 0 Å². The molecule has 1 aliphatic heterocycles. The van der Waals surface area contributed by atoms with Crippen molar-refractivity contribution in [2.45, 2.75) is 26.4 Å². The third-order valence-electron chi connectivity index (χ3n) is 6.70. The van der Waals surface area contributed by atoms with E-state index in [9.17, 15) is 14.3 Å². The normalized spacial score (nSPS) is 15.9. The predicted octanol–water partition coefficient (Wildman–Crippen LogP) is 3.79. The molecular weight excluding hydrogens is 433 g/mol. The monoisotopic (exact) mass is 465 g/mol. The maximum atomic E-state index is 13.9. The molecule has 1 fully saturated rings. The molecule has 180 valence electrons. The van der Waals surface area contributed by atoms with Crippen molar-refractivity contribution in [1.82, 2.24) is 14.4 Å². The van der Waals surface area contributed by atoms with E-state index < -0.39 is 6.04 Å². The van der Waals surface area contributed by atoms with Gasteiger partial charge in [0.05, 0.1) is 25.3 Å². The van der Waals surface area contributed by atoms with Crippen LogP contribution < -0.4 is 10.3 Å². The van der Waals surface area contributed by atoms with E-state index in [2.05, 4.69) is 16.7 Å². The summed E-state index contributed by atoms with van der Waals surface area (Å²) in [4.78, 5) is 18.4. The largest absolute Gasteiger partial charge is 0.507 e. The van der Waals surface area contributed by atoms with Crippen LogP contribution in [0, 0.1) is 12.7 Å². The number of benzene rings is 2. The van der Waals surface area contributed by atoms with Gasteiger partial charge in [0.25, 0.3) is 5.56 Å². The van der Waals surface area contributed by atoms with Crippen LogP contribution in [-0.4, -0.2) is 59.3 Å². The summed E-state index contributed by atoms with van der Waals surface area (Å²) < 4.78 is 20.6. The summed E-state index contributed by atoms with van der Waals surface area (Å²) in [5.74, 6) is 0.394. The van der Waals surface area contributed by atoms with Gasteiger partial charge in [-0.1, -0.05) is 31.2 Å². The number of aromatic hydroxyl groups is 1. The summed E-state index contributed by atoms with van der Waals surface area (Å²) >= 11 is 0. The molecule has 0 unspecified atom stereocenters. The zero-order valence-electron chi connectivity index (χ0n) is 20.0. The number of pyridine rings is 1. The molecule has 1 aliphatic rings. The molecule has 0 saturated carbocycles. The minimum atomic E-state index is -0.463. The van der Waals surface area contributed by atoms with Crippen LogP contribution in [-0.2, 0) is 6.54 Å². The Labute approximate surface area is 199 Å². The summed E-state index contributed by atoms with van der Waals surface area (Å²) in [5, 5.41) is 11.0. The van der Waals surface area contributed by atoms with Gasteiger partial charge in [-0.05, 0) is 54.9 Å². The van der Waals surface area contributed by atoms with Gasteiger partial charge in [0, 0.05) is 31.9 Å². The molecule has 34 heavy (non-hydrogen) atoms. The first-order valence-corrected chi connectivity index (χ1v) is 11.7. The Morgan fingerprint density at radius 2 is 1.68 bits per heavy atom. The Bertz CT molecular complexity index is 1170. The van der Waals surface area contributed by atoms with Crippen molar-refractivity contribution in [2.75, 3.05) is 39.8 Å². The van der Waals surface area contributed by atoms with E-state index in [1.165, 1.54) is 12.1 Å². The van der Waals surface area contributed by atoms with Crippen LogP contribution in [0.1, 0.15) is 35.3 Å². The number of methoxy groups -OCH3 is 1. The van der Waals surface area contributed by atoms with E-state index >= 15 is 0 Å². The lowest BCUT2D eigenvalue weighted by Gasteiger charge is -2.39. The van der Waals surface area contributed by atoms with Gasteiger partial charge in [-0.15, -0.1) is 0 Å². The second-order valence-corrected chi connectivity index (χ2v) is 8.75. The SMILES string of the molecule is CCN1CCN([C@@H](c2ccc(F)cc2)c2c(O)cc(C)n(Cc3ccc(OC)cc3)c2=O)CC1. The molecule has 0 spiro atoms. The van der Waals surface area contributed by atoms with Crippen molar-refractivity contribution in [3.63, 3.8) is 0 Å². The number of rotatable bonds is 7. The van der Waals surface area contributed by atoms with Crippen molar-refractivity contribution in [3.8, 4) is 11.5 Å². The van der Waals surface area contributed by atoms with Crippen LogP contribution in [0.2, 0.25) is 0 Å². The number of hydrogen-bond donors (Lipinski definition) is 1. The van der Waals surface area contributed by atoms with Crippen LogP contribution in [0.3, 0.4) is 0 Å². The van der Waals surface area contributed by atoms with Gasteiger partial charge in [-0.2, -0.15) is 0 Å². The molecule has 2 heterocycles. The van der Waals surface area contributed by atoms with Gasteiger partial charge < -0.3 is 19.3 Å². The fraction of sp³-hybridized carbons (Fsp3) is 0.370. The zero-order chi connectivity index (χ0) is 24.2. The second kappa shape index (κ2) is 10.4. The van der Waals surface area contributed by atoms with Gasteiger partial charge >= 0.3 is 0 Å². The molecule has 0 aliphatic carbocycles. The second-order valence-electron chi connectivity index (χ2n) is 8.75. The van der Waals surface area contributed by atoms with Crippen molar-refractivity contribution in [2.24, 2.45) is 0 Å². The minimum Gasteiger partial charge on any atom is -0.507 e. The Kier molecular flexibility index (Phi) is 7.34. The third kappa shape index (κ3) is 5.00. The van der Waals surface area contributed by atoms with Gasteiger partial charge in [-0.25, -0.2) is 4.39 Å². The lowest BCUT2D eigenvalue weighted by atomic mass is 9.95. The summed E-state index contributed by atoms with van der Waals surface area (Å²) in [6, 6.07) is 15.0. The molecule has 6 nitrogen and oxygen atoms in total. The maximum absolute atomic E-state index is 13.9. The smallest absolute Gasteiger partial charge is 0.259 e. The number of ether oxygens (including phenoxy) is 1. The van der Waals surface area contributed by atoms with Gasteiger partial charge in [0.15, 0.2) is 0 Å². The van der Waals surface area contributed by atoms with Gasteiger partial charge in [-0.3, -0.25) is 9.69 Å².